The zero-order chi connectivity index (χ0) is 17.1. The van der Waals surface area contributed by atoms with E-state index in [-0.39, 0.29) is 0 Å². The lowest BCUT2D eigenvalue weighted by Crippen LogP contribution is -2.36. The fourth-order valence-corrected chi connectivity index (χ4v) is 8.40. The molecular formula is C16H36O2S2Si2. The van der Waals surface area contributed by atoms with Crippen molar-refractivity contribution in [2.24, 2.45) is 0 Å². The summed E-state index contributed by atoms with van der Waals surface area (Å²) in [6, 6.07) is 4.99. The van der Waals surface area contributed by atoms with Crippen LogP contribution in [0.4, 0.5) is 0 Å². The van der Waals surface area contributed by atoms with Gasteiger partial charge in [0.2, 0.25) is 4.38 Å². The smallest absolute Gasteiger partial charge is 0.219 e. The minimum absolute atomic E-state index is 0.721. The summed E-state index contributed by atoms with van der Waals surface area (Å²) >= 11 is 6.97. The van der Waals surface area contributed by atoms with Crippen LogP contribution in [0.5, 0.6) is 0 Å². The van der Waals surface area contributed by atoms with Crippen molar-refractivity contribution in [1.29, 1.82) is 0 Å². The standard InChI is InChI=1S/C16H36O2S2Si2/c1-7-22(8-2,9-3)18-13-11-10-12-17-16(19)20-14-15-21(4,5)6/h7-15H2,1-6H3. The first-order valence-electron chi connectivity index (χ1n) is 8.72. The van der Waals surface area contributed by atoms with Gasteiger partial charge in [-0.1, -0.05) is 52.2 Å². The summed E-state index contributed by atoms with van der Waals surface area (Å²) in [5.41, 5.74) is 0. The second-order valence-corrected chi connectivity index (χ2v) is 19.2. The third-order valence-electron chi connectivity index (χ3n) is 4.17. The molecule has 0 aliphatic carbocycles. The molecule has 0 heterocycles. The van der Waals surface area contributed by atoms with Crippen molar-refractivity contribution in [1.82, 2.24) is 0 Å². The Bertz CT molecular complexity index is 295. The summed E-state index contributed by atoms with van der Waals surface area (Å²) in [5.74, 6) is 1.11. The minimum atomic E-state index is -1.40. The molecule has 0 saturated heterocycles. The average Bonchev–Trinajstić information content (AvgIpc) is 2.46. The summed E-state index contributed by atoms with van der Waals surface area (Å²) in [7, 11) is -2.35. The molecule has 0 amide bonds. The van der Waals surface area contributed by atoms with Crippen molar-refractivity contribution in [3.05, 3.63) is 0 Å². The quantitative estimate of drug-likeness (QED) is 0.229. The first-order chi connectivity index (χ1) is 10.3. The maximum atomic E-state index is 6.24. The Balaban J connectivity index is 3.63. The lowest BCUT2D eigenvalue weighted by atomic mass is 10.3. The molecule has 0 aliphatic rings. The van der Waals surface area contributed by atoms with Gasteiger partial charge in [0, 0.05) is 14.7 Å². The molecule has 2 nitrogen and oxygen atoms in total. The summed E-state index contributed by atoms with van der Waals surface area (Å²) < 4.78 is 12.6. The third kappa shape index (κ3) is 11.2. The molecule has 0 rings (SSSR count). The summed E-state index contributed by atoms with van der Waals surface area (Å²) in [4.78, 5) is 0. The van der Waals surface area contributed by atoms with Crippen molar-refractivity contribution in [2.75, 3.05) is 19.0 Å². The number of thiocarbonyl (C=S) groups is 1. The molecular weight excluding hydrogens is 344 g/mol. The molecule has 6 heteroatoms. The van der Waals surface area contributed by atoms with E-state index in [9.17, 15) is 0 Å². The molecule has 22 heavy (non-hydrogen) atoms. The Hall–Kier alpha value is 0.634. The van der Waals surface area contributed by atoms with Gasteiger partial charge in [0.05, 0.1) is 6.61 Å². The van der Waals surface area contributed by atoms with Gasteiger partial charge in [0.25, 0.3) is 0 Å². The topological polar surface area (TPSA) is 18.5 Å². The SMILES string of the molecule is CC[Si](CC)(CC)OCCCCOC(=S)SCC[Si](C)(C)C. The highest BCUT2D eigenvalue weighted by Gasteiger charge is 2.28. The fourth-order valence-electron chi connectivity index (χ4n) is 2.19. The lowest BCUT2D eigenvalue weighted by Gasteiger charge is -2.27. The van der Waals surface area contributed by atoms with Crippen LogP contribution in [-0.2, 0) is 9.16 Å². The van der Waals surface area contributed by atoms with Crippen molar-refractivity contribution in [3.63, 3.8) is 0 Å². The first-order valence-corrected chi connectivity index (χ1v) is 16.3. The van der Waals surface area contributed by atoms with Crippen LogP contribution in [0, 0.1) is 0 Å². The Morgan fingerprint density at radius 3 is 2.00 bits per heavy atom. The van der Waals surface area contributed by atoms with E-state index >= 15 is 0 Å². The summed E-state index contributed by atoms with van der Waals surface area (Å²) in [6.07, 6.45) is 2.12. The molecule has 0 saturated carbocycles. The number of hydrogen-bond acceptors (Lipinski definition) is 4. The van der Waals surface area contributed by atoms with E-state index in [0.29, 0.717) is 0 Å². The molecule has 0 aromatic rings. The molecule has 0 bridgehead atoms. The Labute approximate surface area is 150 Å². The maximum Gasteiger partial charge on any atom is 0.219 e. The van der Waals surface area contributed by atoms with Gasteiger partial charge in [-0.2, -0.15) is 0 Å². The van der Waals surface area contributed by atoms with Crippen LogP contribution in [-0.4, -0.2) is 39.7 Å². The monoisotopic (exact) mass is 380 g/mol. The lowest BCUT2D eigenvalue weighted by molar-refractivity contribution is 0.258. The van der Waals surface area contributed by atoms with Crippen molar-refractivity contribution in [3.8, 4) is 0 Å². The van der Waals surface area contributed by atoms with E-state index in [0.717, 1.165) is 36.2 Å². The maximum absolute atomic E-state index is 6.24. The molecule has 0 aromatic heterocycles. The van der Waals surface area contributed by atoms with Gasteiger partial charge in [-0.3, -0.25) is 0 Å². The van der Waals surface area contributed by atoms with Gasteiger partial charge < -0.3 is 9.16 Å². The third-order valence-corrected chi connectivity index (χ3v) is 12.2. The van der Waals surface area contributed by atoms with Gasteiger partial charge in [-0.25, -0.2) is 0 Å². The molecule has 0 fully saturated rings. The number of unbranched alkanes of at least 4 members (excludes halogenated alkanes) is 1. The largest absolute Gasteiger partial charge is 0.479 e. The minimum Gasteiger partial charge on any atom is -0.479 e. The van der Waals surface area contributed by atoms with Crippen LogP contribution in [0.1, 0.15) is 33.6 Å². The number of rotatable bonds is 12. The van der Waals surface area contributed by atoms with Crippen molar-refractivity contribution in [2.45, 2.75) is 77.4 Å². The number of ether oxygens (including phenoxy) is 1. The van der Waals surface area contributed by atoms with Gasteiger partial charge in [0.15, 0.2) is 8.32 Å². The number of hydrogen-bond donors (Lipinski definition) is 0. The normalized spacial score (nSPS) is 12.5. The second-order valence-electron chi connectivity index (χ2n) is 7.06. The van der Waals surface area contributed by atoms with E-state index < -0.39 is 16.4 Å². The van der Waals surface area contributed by atoms with Crippen LogP contribution in [0.25, 0.3) is 0 Å². The van der Waals surface area contributed by atoms with Gasteiger partial charge in [-0.15, -0.1) is 0 Å². The van der Waals surface area contributed by atoms with E-state index in [1.54, 1.807) is 11.8 Å². The van der Waals surface area contributed by atoms with Crippen LogP contribution < -0.4 is 0 Å². The van der Waals surface area contributed by atoms with Gasteiger partial charge in [-0.05, 0) is 55.0 Å². The first kappa shape index (κ1) is 22.6. The van der Waals surface area contributed by atoms with Crippen LogP contribution in [0.3, 0.4) is 0 Å². The van der Waals surface area contributed by atoms with E-state index in [1.165, 1.54) is 24.2 Å². The van der Waals surface area contributed by atoms with Crippen LogP contribution >= 0.6 is 24.0 Å². The van der Waals surface area contributed by atoms with E-state index in [1.807, 2.05) is 0 Å². The summed E-state index contributed by atoms with van der Waals surface area (Å²) in [5, 5.41) is 0. The molecule has 132 valence electrons. The zero-order valence-electron chi connectivity index (χ0n) is 15.5. The molecule has 0 N–H and O–H groups in total. The average molecular weight is 381 g/mol. The molecule has 0 spiro atoms. The van der Waals surface area contributed by atoms with Crippen LogP contribution in [0.15, 0.2) is 0 Å². The highest BCUT2D eigenvalue weighted by atomic mass is 32.2. The number of thioether (sulfide) groups is 1. The Kier molecular flexibility index (Phi) is 12.4. The van der Waals surface area contributed by atoms with Gasteiger partial charge in [0.1, 0.15) is 0 Å². The van der Waals surface area contributed by atoms with Crippen molar-refractivity contribution < 1.29 is 9.16 Å². The Morgan fingerprint density at radius 1 is 0.955 bits per heavy atom. The summed E-state index contributed by atoms with van der Waals surface area (Å²) in [6.45, 7) is 15.6. The van der Waals surface area contributed by atoms with Crippen LogP contribution in [0.2, 0.25) is 43.8 Å². The highest BCUT2D eigenvalue weighted by Crippen LogP contribution is 2.22. The molecule has 0 unspecified atom stereocenters. The molecule has 0 atom stereocenters. The Morgan fingerprint density at radius 2 is 1.50 bits per heavy atom. The van der Waals surface area contributed by atoms with E-state index in [4.69, 9.17) is 21.4 Å². The zero-order valence-corrected chi connectivity index (χ0v) is 19.1. The molecule has 0 aliphatic heterocycles. The van der Waals surface area contributed by atoms with Crippen molar-refractivity contribution >= 4 is 44.8 Å². The second kappa shape index (κ2) is 12.1. The predicted molar refractivity (Wildman–Crippen MR) is 112 cm³/mol. The highest BCUT2D eigenvalue weighted by molar-refractivity contribution is 8.22. The van der Waals surface area contributed by atoms with Gasteiger partial charge >= 0.3 is 0 Å². The fraction of sp³-hybridized carbons (Fsp3) is 0.938. The van der Waals surface area contributed by atoms with E-state index in [2.05, 4.69) is 40.4 Å². The molecule has 0 aromatic carbocycles. The predicted octanol–water partition coefficient (Wildman–Crippen LogP) is 6.16. The molecule has 0 radical (unpaired) electrons.